The minimum Gasteiger partial charge on any atom is -0.334 e. The topological polar surface area (TPSA) is 49.4 Å². The molecule has 0 aromatic rings. The molecule has 0 aliphatic carbocycles. The molecule has 0 atom stereocenters. The van der Waals surface area contributed by atoms with Gasteiger partial charge in [-0.15, -0.1) is 4.48 Å². The van der Waals surface area contributed by atoms with Gasteiger partial charge in [0.1, 0.15) is 5.78 Å². The summed E-state index contributed by atoms with van der Waals surface area (Å²) in [4.78, 5) is 22.7. The summed E-state index contributed by atoms with van der Waals surface area (Å²) in [5, 5.41) is 0. The second kappa shape index (κ2) is 10.1. The average molecular weight is 206 g/mol. The van der Waals surface area contributed by atoms with Crippen LogP contribution < -0.4 is 5.54 Å². The van der Waals surface area contributed by atoms with Gasteiger partial charge in [0.05, 0.1) is 6.54 Å². The molecule has 0 saturated carbocycles. The van der Waals surface area contributed by atoms with E-state index in [0.717, 1.165) is 0 Å². The maximum absolute atomic E-state index is 11.5. The summed E-state index contributed by atoms with van der Waals surface area (Å²) < 4.78 is 11.5. The fourth-order valence-corrected chi connectivity index (χ4v) is 0.794. The molecule has 4 nitrogen and oxygen atoms in total. The Bertz CT molecular complexity index is 174. The third kappa shape index (κ3) is 9.12. The van der Waals surface area contributed by atoms with Crippen molar-refractivity contribution < 1.29 is 14.1 Å². The number of hydrogen-bond donors (Lipinski definition) is 1. The normalized spacial score (nSPS) is 8.64. The molecule has 0 radical (unpaired) electrons. The maximum Gasteiger partial charge on any atom is 0.219 e. The first-order chi connectivity index (χ1) is 6.57. The van der Waals surface area contributed by atoms with Gasteiger partial charge in [-0.05, 0) is 6.92 Å². The molecule has 0 spiro atoms. The van der Waals surface area contributed by atoms with Crippen LogP contribution in [0.5, 0.6) is 0 Å². The van der Waals surface area contributed by atoms with E-state index in [4.69, 9.17) is 0 Å². The van der Waals surface area contributed by atoms with Gasteiger partial charge in [0.25, 0.3) is 0 Å². The number of ketones is 1. The van der Waals surface area contributed by atoms with E-state index in [1.165, 1.54) is 24.3 Å². The van der Waals surface area contributed by atoms with Gasteiger partial charge in [0.2, 0.25) is 5.91 Å². The molecule has 0 rings (SSSR count). The number of nitrogens with one attached hydrogen (secondary N) is 1. The highest BCUT2D eigenvalue weighted by Crippen LogP contribution is 1.88. The first kappa shape index (κ1) is 15.5. The smallest absolute Gasteiger partial charge is 0.219 e. The zero-order valence-corrected chi connectivity index (χ0v) is 9.26. The Balaban J connectivity index is 0. The molecule has 5 heteroatoms. The van der Waals surface area contributed by atoms with Gasteiger partial charge in [0, 0.05) is 20.0 Å². The number of carbonyl (C=O) groups excluding carboxylic acids is 2. The Morgan fingerprint density at radius 3 is 2.07 bits per heavy atom. The van der Waals surface area contributed by atoms with Crippen molar-refractivity contribution in [1.82, 2.24) is 10.4 Å². The van der Waals surface area contributed by atoms with Crippen LogP contribution in [0, 0.1) is 0 Å². The minimum absolute atomic E-state index is 0.0485. The highest BCUT2D eigenvalue weighted by atomic mass is 19.2. The standard InChI is InChI=1S/C7H13FN2O2.C2H6/c1-6(11)5-10(7(2)12)4-3-9-8;1-2/h9H,3-5H2,1-2H3;1-2H3. The fraction of sp³-hybridized carbons (Fsp3) is 0.778. The monoisotopic (exact) mass is 206 g/mol. The summed E-state index contributed by atoms with van der Waals surface area (Å²) in [5.74, 6) is -0.329. The van der Waals surface area contributed by atoms with E-state index in [9.17, 15) is 14.1 Å². The highest BCUT2D eigenvalue weighted by molar-refractivity contribution is 5.83. The van der Waals surface area contributed by atoms with E-state index >= 15 is 0 Å². The second-order valence-corrected chi connectivity index (χ2v) is 2.53. The number of nitrogens with zero attached hydrogens (tertiary/aromatic N) is 1. The van der Waals surface area contributed by atoms with Gasteiger partial charge in [-0.1, -0.05) is 13.8 Å². The first-order valence-electron chi connectivity index (χ1n) is 4.66. The lowest BCUT2D eigenvalue weighted by molar-refractivity contribution is -0.133. The van der Waals surface area contributed by atoms with E-state index in [1.807, 2.05) is 13.8 Å². The first-order valence-corrected chi connectivity index (χ1v) is 4.66. The summed E-state index contributed by atoms with van der Waals surface area (Å²) in [6, 6.07) is 0. The summed E-state index contributed by atoms with van der Waals surface area (Å²) in [5.41, 5.74) is 1.42. The summed E-state index contributed by atoms with van der Waals surface area (Å²) in [6.45, 7) is 7.05. The minimum atomic E-state index is -0.222. The van der Waals surface area contributed by atoms with Crippen molar-refractivity contribution in [2.45, 2.75) is 27.7 Å². The summed E-state index contributed by atoms with van der Waals surface area (Å²) in [6.07, 6.45) is 0. The predicted octanol–water partition coefficient (Wildman–Crippen LogP) is 0.924. The largest absolute Gasteiger partial charge is 0.334 e. The van der Waals surface area contributed by atoms with E-state index < -0.39 is 0 Å². The van der Waals surface area contributed by atoms with Gasteiger partial charge in [-0.25, -0.2) is 0 Å². The fourth-order valence-electron chi connectivity index (χ4n) is 0.794. The Hall–Kier alpha value is -0.970. The number of Topliss-reactive ketones (excluding diaryl/α,β-unsaturated/α-hetero) is 1. The van der Waals surface area contributed by atoms with Gasteiger partial charge >= 0.3 is 0 Å². The second-order valence-electron chi connectivity index (χ2n) is 2.53. The number of amides is 1. The lowest BCUT2D eigenvalue weighted by atomic mass is 10.3. The van der Waals surface area contributed by atoms with E-state index in [2.05, 4.69) is 0 Å². The van der Waals surface area contributed by atoms with Gasteiger partial charge in [-0.2, -0.15) is 5.54 Å². The van der Waals surface area contributed by atoms with Crippen molar-refractivity contribution in [3.63, 3.8) is 0 Å². The van der Waals surface area contributed by atoms with Crippen LogP contribution >= 0.6 is 0 Å². The molecule has 0 aliphatic heterocycles. The molecular formula is C9H19FN2O2. The van der Waals surface area contributed by atoms with Crippen LogP contribution in [0.4, 0.5) is 4.48 Å². The molecule has 84 valence electrons. The van der Waals surface area contributed by atoms with Crippen LogP contribution in [-0.4, -0.2) is 36.2 Å². The quantitative estimate of drug-likeness (QED) is 0.681. The molecule has 0 unspecified atom stereocenters. The third-order valence-electron chi connectivity index (χ3n) is 1.34. The van der Waals surface area contributed by atoms with Crippen molar-refractivity contribution in [2.75, 3.05) is 19.6 Å². The summed E-state index contributed by atoms with van der Waals surface area (Å²) >= 11 is 0. The van der Waals surface area contributed by atoms with E-state index in [1.54, 1.807) is 0 Å². The molecule has 1 amide bonds. The lowest BCUT2D eigenvalue weighted by Gasteiger charge is -2.18. The highest BCUT2D eigenvalue weighted by Gasteiger charge is 2.09. The average Bonchev–Trinajstić information content (AvgIpc) is 2.14. The van der Waals surface area contributed by atoms with Crippen molar-refractivity contribution in [3.8, 4) is 0 Å². The Labute approximate surface area is 84.4 Å². The molecule has 0 aromatic heterocycles. The number of rotatable bonds is 5. The zero-order valence-electron chi connectivity index (χ0n) is 9.26. The third-order valence-corrected chi connectivity index (χ3v) is 1.34. The number of halogens is 1. The van der Waals surface area contributed by atoms with Crippen LogP contribution in [0.2, 0.25) is 0 Å². The van der Waals surface area contributed by atoms with Crippen molar-refractivity contribution >= 4 is 11.7 Å². The molecular weight excluding hydrogens is 187 g/mol. The molecule has 0 aromatic carbocycles. The SMILES string of the molecule is CC.CC(=O)CN(CCNF)C(C)=O. The van der Waals surface area contributed by atoms with E-state index in [0.29, 0.717) is 0 Å². The zero-order chi connectivity index (χ0) is 11.6. The molecule has 1 N–H and O–H groups in total. The van der Waals surface area contributed by atoms with Crippen LogP contribution in [0.15, 0.2) is 0 Å². The summed E-state index contributed by atoms with van der Waals surface area (Å²) in [7, 11) is 0. The van der Waals surface area contributed by atoms with Gasteiger partial charge in [-0.3, -0.25) is 9.59 Å². The molecule has 0 fully saturated rings. The van der Waals surface area contributed by atoms with Gasteiger partial charge in [0.15, 0.2) is 0 Å². The Kier molecular flexibility index (Phi) is 11.2. The molecule has 14 heavy (non-hydrogen) atoms. The number of hydrogen-bond acceptors (Lipinski definition) is 3. The van der Waals surface area contributed by atoms with Crippen molar-refractivity contribution in [1.29, 1.82) is 0 Å². The van der Waals surface area contributed by atoms with Crippen molar-refractivity contribution in [2.24, 2.45) is 0 Å². The molecule has 0 bridgehead atoms. The van der Waals surface area contributed by atoms with Crippen LogP contribution in [0.1, 0.15) is 27.7 Å². The predicted molar refractivity (Wildman–Crippen MR) is 53.4 cm³/mol. The maximum atomic E-state index is 11.5. The van der Waals surface area contributed by atoms with Crippen molar-refractivity contribution in [3.05, 3.63) is 0 Å². The molecule has 0 aliphatic rings. The van der Waals surface area contributed by atoms with Gasteiger partial charge < -0.3 is 4.90 Å². The molecule has 0 saturated heterocycles. The molecule has 0 heterocycles. The van der Waals surface area contributed by atoms with Crippen LogP contribution in [0.3, 0.4) is 0 Å². The Morgan fingerprint density at radius 2 is 1.79 bits per heavy atom. The van der Waals surface area contributed by atoms with Crippen LogP contribution in [0.25, 0.3) is 0 Å². The Morgan fingerprint density at radius 1 is 1.29 bits per heavy atom. The number of carbonyl (C=O) groups is 2. The lowest BCUT2D eigenvalue weighted by Crippen LogP contribution is -2.37. The van der Waals surface area contributed by atoms with Crippen LogP contribution in [-0.2, 0) is 9.59 Å². The van der Waals surface area contributed by atoms with E-state index in [-0.39, 0.29) is 31.3 Å².